The van der Waals surface area contributed by atoms with Crippen molar-refractivity contribution < 1.29 is 4.79 Å². The number of nitrogens with two attached hydrogens (primary N) is 1. The van der Waals surface area contributed by atoms with Crippen molar-refractivity contribution in [2.75, 3.05) is 5.32 Å². The van der Waals surface area contributed by atoms with Crippen molar-refractivity contribution in [1.82, 2.24) is 9.88 Å². The van der Waals surface area contributed by atoms with E-state index >= 15 is 0 Å². The van der Waals surface area contributed by atoms with Crippen LogP contribution in [0.1, 0.15) is 18.5 Å². The number of nitrogens with zero attached hydrogens (tertiary/aromatic N) is 3. The molecule has 1 aromatic carbocycles. The van der Waals surface area contributed by atoms with Crippen LogP contribution < -0.4 is 11.1 Å². The van der Waals surface area contributed by atoms with E-state index in [2.05, 4.69) is 15.3 Å². The zero-order valence-corrected chi connectivity index (χ0v) is 14.9. The van der Waals surface area contributed by atoms with Gasteiger partial charge in [-0.25, -0.2) is 9.98 Å². The highest BCUT2D eigenvalue weighted by Crippen LogP contribution is 2.42. The molecular formula is C19H17N5OS. The SMILES string of the molecule is CC1=C(C(=O)Nc2ccccn2)C(c2ccccc2)N2C(N)=CSC2=N1. The van der Waals surface area contributed by atoms with Gasteiger partial charge in [-0.3, -0.25) is 9.69 Å². The third-order valence-corrected chi connectivity index (χ3v) is 5.08. The molecule has 1 aromatic heterocycles. The molecule has 3 N–H and O–H groups in total. The molecule has 1 atom stereocenters. The second-order valence-corrected chi connectivity index (χ2v) is 6.74. The average molecular weight is 363 g/mol. The Morgan fingerprint density at radius 3 is 2.69 bits per heavy atom. The molecule has 2 aliphatic heterocycles. The summed E-state index contributed by atoms with van der Waals surface area (Å²) in [4.78, 5) is 23.7. The molecule has 0 aliphatic carbocycles. The van der Waals surface area contributed by atoms with Crippen molar-refractivity contribution in [3.63, 3.8) is 0 Å². The molecule has 0 fully saturated rings. The predicted octanol–water partition coefficient (Wildman–Crippen LogP) is 3.21. The topological polar surface area (TPSA) is 83.6 Å². The van der Waals surface area contributed by atoms with Crippen LogP contribution in [0.3, 0.4) is 0 Å². The second kappa shape index (κ2) is 6.68. The summed E-state index contributed by atoms with van der Waals surface area (Å²) in [5.74, 6) is 0.847. The first kappa shape index (κ1) is 16.4. The number of nitrogens with one attached hydrogen (secondary N) is 1. The summed E-state index contributed by atoms with van der Waals surface area (Å²) in [5.41, 5.74) is 8.41. The fourth-order valence-electron chi connectivity index (χ4n) is 3.07. The van der Waals surface area contributed by atoms with Gasteiger partial charge in [-0.2, -0.15) is 0 Å². The molecule has 1 unspecified atom stereocenters. The number of amidine groups is 1. The summed E-state index contributed by atoms with van der Waals surface area (Å²) >= 11 is 1.46. The summed E-state index contributed by atoms with van der Waals surface area (Å²) in [6, 6.07) is 14.9. The van der Waals surface area contributed by atoms with Gasteiger partial charge in [-0.1, -0.05) is 48.2 Å². The molecule has 0 bridgehead atoms. The van der Waals surface area contributed by atoms with Crippen LogP contribution in [-0.2, 0) is 4.79 Å². The van der Waals surface area contributed by atoms with E-state index in [1.807, 2.05) is 53.6 Å². The summed E-state index contributed by atoms with van der Waals surface area (Å²) in [6.07, 6.45) is 1.64. The fourth-order valence-corrected chi connectivity index (χ4v) is 3.92. The van der Waals surface area contributed by atoms with Crippen molar-refractivity contribution in [1.29, 1.82) is 0 Å². The molecular weight excluding hydrogens is 346 g/mol. The Morgan fingerprint density at radius 2 is 1.96 bits per heavy atom. The number of pyridine rings is 1. The minimum atomic E-state index is -0.335. The van der Waals surface area contributed by atoms with Gasteiger partial charge in [0, 0.05) is 11.6 Å². The van der Waals surface area contributed by atoms with Crippen LogP contribution >= 0.6 is 11.8 Å². The summed E-state index contributed by atoms with van der Waals surface area (Å²) in [5, 5.41) is 5.50. The van der Waals surface area contributed by atoms with E-state index < -0.39 is 0 Å². The molecule has 130 valence electrons. The van der Waals surface area contributed by atoms with Gasteiger partial charge >= 0.3 is 0 Å². The number of amides is 1. The number of hydrogen-bond acceptors (Lipinski definition) is 6. The number of rotatable bonds is 3. The highest BCUT2D eigenvalue weighted by atomic mass is 32.2. The van der Waals surface area contributed by atoms with Gasteiger partial charge < -0.3 is 11.1 Å². The lowest BCUT2D eigenvalue weighted by Crippen LogP contribution is -2.39. The third-order valence-electron chi connectivity index (χ3n) is 4.22. The van der Waals surface area contributed by atoms with Gasteiger partial charge in [0.05, 0.1) is 17.3 Å². The number of anilines is 1. The second-order valence-electron chi connectivity index (χ2n) is 5.91. The monoisotopic (exact) mass is 363 g/mol. The summed E-state index contributed by atoms with van der Waals surface area (Å²) in [7, 11) is 0. The zero-order chi connectivity index (χ0) is 18.1. The number of aromatic nitrogens is 1. The van der Waals surface area contributed by atoms with Crippen LogP contribution in [-0.4, -0.2) is 21.0 Å². The molecule has 2 aliphatic rings. The molecule has 0 saturated heterocycles. The first-order valence-electron chi connectivity index (χ1n) is 8.13. The number of thioether (sulfide) groups is 1. The van der Waals surface area contributed by atoms with E-state index in [0.717, 1.165) is 10.7 Å². The van der Waals surface area contributed by atoms with Crippen molar-refractivity contribution in [2.24, 2.45) is 10.7 Å². The molecule has 3 heterocycles. The van der Waals surface area contributed by atoms with Crippen molar-refractivity contribution in [2.45, 2.75) is 13.0 Å². The Labute approximate surface area is 155 Å². The lowest BCUT2D eigenvalue weighted by atomic mass is 9.94. The van der Waals surface area contributed by atoms with E-state index in [4.69, 9.17) is 5.73 Å². The highest BCUT2D eigenvalue weighted by molar-refractivity contribution is 8.16. The molecule has 0 radical (unpaired) electrons. The normalized spacial score (nSPS) is 19.0. The van der Waals surface area contributed by atoms with E-state index in [9.17, 15) is 4.79 Å². The first-order chi connectivity index (χ1) is 12.6. The molecule has 26 heavy (non-hydrogen) atoms. The highest BCUT2D eigenvalue weighted by Gasteiger charge is 2.39. The van der Waals surface area contributed by atoms with Crippen molar-refractivity contribution in [3.05, 3.63) is 82.8 Å². The number of benzene rings is 1. The molecule has 1 amide bonds. The van der Waals surface area contributed by atoms with E-state index in [-0.39, 0.29) is 11.9 Å². The van der Waals surface area contributed by atoms with Crippen molar-refractivity contribution >= 4 is 28.7 Å². The number of carbonyl (C=O) groups is 1. The van der Waals surface area contributed by atoms with E-state index in [0.29, 0.717) is 22.9 Å². The zero-order valence-electron chi connectivity index (χ0n) is 14.1. The van der Waals surface area contributed by atoms with Gasteiger partial charge in [0.25, 0.3) is 5.91 Å². The van der Waals surface area contributed by atoms with Crippen LogP contribution in [0, 0.1) is 0 Å². The Morgan fingerprint density at radius 1 is 1.19 bits per heavy atom. The lowest BCUT2D eigenvalue weighted by molar-refractivity contribution is -0.113. The standard InChI is InChI=1S/C19H17N5OS/c1-12-16(18(25)23-15-9-5-6-10-21-15)17(13-7-3-2-4-8-13)24-14(20)11-26-19(24)22-12/h2-11,17H,20H2,1H3,(H,21,23,25). The molecule has 0 spiro atoms. The summed E-state index contributed by atoms with van der Waals surface area (Å²) < 4.78 is 0. The average Bonchev–Trinajstić information content (AvgIpc) is 3.02. The van der Waals surface area contributed by atoms with Crippen LogP contribution in [0.5, 0.6) is 0 Å². The molecule has 4 rings (SSSR count). The quantitative estimate of drug-likeness (QED) is 0.875. The number of fused-ring (bicyclic) bond motifs is 1. The molecule has 2 aromatic rings. The number of aliphatic imine (C=N–C) groups is 1. The maximum atomic E-state index is 13.1. The van der Waals surface area contributed by atoms with Crippen LogP contribution in [0.25, 0.3) is 0 Å². The van der Waals surface area contributed by atoms with Crippen LogP contribution in [0.4, 0.5) is 5.82 Å². The van der Waals surface area contributed by atoms with E-state index in [1.165, 1.54) is 11.8 Å². The number of hydrogen-bond donors (Lipinski definition) is 2. The van der Waals surface area contributed by atoms with Crippen LogP contribution in [0.15, 0.2) is 82.2 Å². The Balaban J connectivity index is 1.78. The molecule has 7 heteroatoms. The minimum Gasteiger partial charge on any atom is -0.385 e. The van der Waals surface area contributed by atoms with Gasteiger partial charge in [-0.05, 0) is 24.6 Å². The van der Waals surface area contributed by atoms with Gasteiger partial charge in [-0.15, -0.1) is 0 Å². The third kappa shape index (κ3) is 2.86. The largest absolute Gasteiger partial charge is 0.385 e. The van der Waals surface area contributed by atoms with E-state index in [1.54, 1.807) is 18.3 Å². The Kier molecular flexibility index (Phi) is 4.22. The Bertz CT molecular complexity index is 937. The molecule has 0 saturated carbocycles. The fraction of sp³-hybridized carbons (Fsp3) is 0.105. The van der Waals surface area contributed by atoms with Gasteiger partial charge in [0.1, 0.15) is 11.6 Å². The maximum Gasteiger partial charge on any atom is 0.257 e. The maximum absolute atomic E-state index is 13.1. The lowest BCUT2D eigenvalue weighted by Gasteiger charge is -2.35. The van der Waals surface area contributed by atoms with Gasteiger partial charge in [0.15, 0.2) is 5.17 Å². The Hall–Kier alpha value is -3.06. The summed E-state index contributed by atoms with van der Waals surface area (Å²) in [6.45, 7) is 1.85. The van der Waals surface area contributed by atoms with Crippen LogP contribution in [0.2, 0.25) is 0 Å². The number of carbonyl (C=O) groups excluding carboxylic acids is 1. The number of allylic oxidation sites excluding steroid dienone is 1. The van der Waals surface area contributed by atoms with Gasteiger partial charge in [0.2, 0.25) is 0 Å². The van der Waals surface area contributed by atoms with Crippen molar-refractivity contribution in [3.8, 4) is 0 Å². The predicted molar refractivity (Wildman–Crippen MR) is 104 cm³/mol. The first-order valence-corrected chi connectivity index (χ1v) is 9.01. The molecule has 6 nitrogen and oxygen atoms in total. The minimum absolute atomic E-state index is 0.234. The smallest absolute Gasteiger partial charge is 0.257 e.